The van der Waals surface area contributed by atoms with Crippen molar-refractivity contribution in [3.05, 3.63) is 35.9 Å². The highest BCUT2D eigenvalue weighted by atomic mass is 19.3. The number of Topliss-reactive ketones (excluding diaryl/α,β-unsaturated/α-hetero) is 2. The topological polar surface area (TPSA) is 120 Å². The largest absolute Gasteiger partial charge is 0.461 e. The smallest absolute Gasteiger partial charge is 0.345 e. The molecule has 43 heavy (non-hydrogen) atoms. The monoisotopic (exact) mass is 620 g/mol. The summed E-state index contributed by atoms with van der Waals surface area (Å²) in [4.78, 5) is 53.8. The van der Waals surface area contributed by atoms with Crippen LogP contribution in [0.4, 0.5) is 17.6 Å². The van der Waals surface area contributed by atoms with Crippen LogP contribution in [0.25, 0.3) is 0 Å². The standard InChI is InChI=1S/C29H40F4N2O8/c1-19(2)12-24(25(37)14-22(18-43-29(32)33)27(39)41-16-20-6-4-3-5-7-20)34-26(38)21(17-42-28(30)31)13-23(36)15-35-8-10-40-11-9-35/h3-7,19,21-22,24,28-29H,8-18H2,1-2H3,(H,34,38)/t21-,22-,24-/m0/s1. The average Bonchev–Trinajstić information content (AvgIpc) is 2.96. The van der Waals surface area contributed by atoms with Crippen molar-refractivity contribution in [1.29, 1.82) is 0 Å². The number of rotatable bonds is 20. The number of nitrogens with zero attached hydrogens (tertiary/aromatic N) is 1. The highest BCUT2D eigenvalue weighted by Gasteiger charge is 2.33. The Kier molecular flexibility index (Phi) is 16.3. The van der Waals surface area contributed by atoms with Crippen LogP contribution in [0.5, 0.6) is 0 Å². The van der Waals surface area contributed by atoms with Crippen molar-refractivity contribution in [1.82, 2.24) is 10.2 Å². The number of hydrogen-bond donors (Lipinski definition) is 1. The van der Waals surface area contributed by atoms with Gasteiger partial charge in [-0.25, -0.2) is 0 Å². The van der Waals surface area contributed by atoms with Gasteiger partial charge in [0, 0.05) is 25.9 Å². The van der Waals surface area contributed by atoms with Gasteiger partial charge in [0.1, 0.15) is 12.4 Å². The lowest BCUT2D eigenvalue weighted by atomic mass is 9.92. The highest BCUT2D eigenvalue weighted by Crippen LogP contribution is 2.18. The zero-order valence-corrected chi connectivity index (χ0v) is 24.4. The summed E-state index contributed by atoms with van der Waals surface area (Å²) in [6.07, 6.45) is -0.905. The SMILES string of the molecule is CC(C)C[C@H](NC(=O)[C@H](COC(F)F)CC(=O)CN1CCOCC1)C(=O)C[C@@H](COC(F)F)C(=O)OCc1ccccc1. The second-order valence-corrected chi connectivity index (χ2v) is 10.7. The first kappa shape index (κ1) is 36.3. The summed E-state index contributed by atoms with van der Waals surface area (Å²) in [5.41, 5.74) is 0.640. The fraction of sp³-hybridized carbons (Fsp3) is 0.655. The summed E-state index contributed by atoms with van der Waals surface area (Å²) in [6, 6.07) is 7.38. The summed E-state index contributed by atoms with van der Waals surface area (Å²) < 4.78 is 70.4. The number of carbonyl (C=O) groups excluding carboxylic acids is 4. The van der Waals surface area contributed by atoms with Crippen molar-refractivity contribution in [2.75, 3.05) is 46.1 Å². The van der Waals surface area contributed by atoms with Gasteiger partial charge in [-0.15, -0.1) is 0 Å². The third kappa shape index (κ3) is 14.9. The number of carbonyl (C=O) groups is 4. The molecule has 1 fully saturated rings. The molecule has 1 aliphatic rings. The molecule has 1 saturated heterocycles. The van der Waals surface area contributed by atoms with Crippen molar-refractivity contribution in [2.24, 2.45) is 17.8 Å². The molecule has 10 nitrogen and oxygen atoms in total. The van der Waals surface area contributed by atoms with Gasteiger partial charge < -0.3 is 24.3 Å². The van der Waals surface area contributed by atoms with E-state index in [2.05, 4.69) is 14.8 Å². The summed E-state index contributed by atoms with van der Waals surface area (Å²) >= 11 is 0. The summed E-state index contributed by atoms with van der Waals surface area (Å²) in [7, 11) is 0. The Morgan fingerprint density at radius 3 is 2.09 bits per heavy atom. The van der Waals surface area contributed by atoms with E-state index in [1.54, 1.807) is 44.2 Å². The quantitative estimate of drug-likeness (QED) is 0.173. The Bertz CT molecular complexity index is 1010. The van der Waals surface area contributed by atoms with Crippen LogP contribution in [0.3, 0.4) is 0 Å². The molecule has 3 atom stereocenters. The fourth-order valence-corrected chi connectivity index (χ4v) is 4.43. The van der Waals surface area contributed by atoms with Crippen LogP contribution in [0.2, 0.25) is 0 Å². The number of alkyl halides is 4. The number of morpholine rings is 1. The molecule has 14 heteroatoms. The van der Waals surface area contributed by atoms with E-state index in [0.29, 0.717) is 31.9 Å². The van der Waals surface area contributed by atoms with E-state index in [-0.39, 0.29) is 31.3 Å². The van der Waals surface area contributed by atoms with Crippen LogP contribution in [0.1, 0.15) is 38.7 Å². The third-order valence-corrected chi connectivity index (χ3v) is 6.61. The predicted octanol–water partition coefficient (Wildman–Crippen LogP) is 3.22. The molecule has 2 rings (SSSR count). The molecule has 0 spiro atoms. The van der Waals surface area contributed by atoms with Gasteiger partial charge in [0.15, 0.2) is 5.78 Å². The van der Waals surface area contributed by atoms with Crippen molar-refractivity contribution < 1.29 is 55.7 Å². The zero-order chi connectivity index (χ0) is 31.8. The first-order valence-electron chi connectivity index (χ1n) is 14.1. The molecule has 0 aliphatic carbocycles. The fourth-order valence-electron chi connectivity index (χ4n) is 4.43. The summed E-state index contributed by atoms with van der Waals surface area (Å²) in [6.45, 7) is -2.70. The minimum Gasteiger partial charge on any atom is -0.461 e. The predicted molar refractivity (Wildman–Crippen MR) is 145 cm³/mol. The maximum absolute atomic E-state index is 13.3. The molecule has 1 N–H and O–H groups in total. The molecule has 0 unspecified atom stereocenters. The first-order valence-corrected chi connectivity index (χ1v) is 14.1. The molecule has 1 aliphatic heterocycles. The number of amides is 1. The van der Waals surface area contributed by atoms with Gasteiger partial charge >= 0.3 is 19.2 Å². The Balaban J connectivity index is 2.11. The second kappa shape index (κ2) is 19.4. The number of hydrogen-bond acceptors (Lipinski definition) is 9. The van der Waals surface area contributed by atoms with Crippen molar-refractivity contribution in [3.63, 3.8) is 0 Å². The van der Waals surface area contributed by atoms with Crippen LogP contribution >= 0.6 is 0 Å². The molecule has 0 saturated carbocycles. The van der Waals surface area contributed by atoms with Gasteiger partial charge in [-0.3, -0.25) is 24.1 Å². The van der Waals surface area contributed by atoms with Gasteiger partial charge in [-0.1, -0.05) is 44.2 Å². The Morgan fingerprint density at radius 2 is 1.51 bits per heavy atom. The van der Waals surface area contributed by atoms with Crippen LogP contribution in [0.15, 0.2) is 30.3 Å². The normalized spacial score (nSPS) is 16.2. The Morgan fingerprint density at radius 1 is 0.907 bits per heavy atom. The van der Waals surface area contributed by atoms with E-state index >= 15 is 0 Å². The maximum Gasteiger partial charge on any atom is 0.345 e. The van der Waals surface area contributed by atoms with Gasteiger partial charge in [0.05, 0.1) is 50.8 Å². The van der Waals surface area contributed by atoms with Crippen LogP contribution in [0, 0.1) is 17.8 Å². The van der Waals surface area contributed by atoms with Crippen molar-refractivity contribution in [3.8, 4) is 0 Å². The molecule has 1 aromatic rings. The summed E-state index contributed by atoms with van der Waals surface area (Å²) in [5, 5.41) is 2.51. The van der Waals surface area contributed by atoms with E-state index in [9.17, 15) is 36.7 Å². The Labute approximate surface area is 248 Å². The molecule has 0 radical (unpaired) electrons. The van der Waals surface area contributed by atoms with E-state index in [0.717, 1.165) is 0 Å². The van der Waals surface area contributed by atoms with Gasteiger partial charge in [-0.05, 0) is 17.9 Å². The van der Waals surface area contributed by atoms with Crippen molar-refractivity contribution in [2.45, 2.75) is 59.0 Å². The van der Waals surface area contributed by atoms with E-state index in [1.165, 1.54) is 0 Å². The van der Waals surface area contributed by atoms with E-state index < -0.39 is 74.8 Å². The van der Waals surface area contributed by atoms with Crippen LogP contribution in [-0.2, 0) is 44.7 Å². The average molecular weight is 621 g/mol. The molecule has 0 aromatic heterocycles. The number of ketones is 2. The number of esters is 1. The molecular formula is C29H40F4N2O8. The lowest BCUT2D eigenvalue weighted by Crippen LogP contribution is -2.47. The van der Waals surface area contributed by atoms with Gasteiger partial charge in [0.2, 0.25) is 5.91 Å². The molecule has 1 heterocycles. The minimum atomic E-state index is -3.20. The number of benzene rings is 1. The third-order valence-electron chi connectivity index (χ3n) is 6.61. The number of ether oxygens (including phenoxy) is 4. The Hall–Kier alpha value is -2.94. The van der Waals surface area contributed by atoms with Gasteiger partial charge in [0.25, 0.3) is 0 Å². The lowest BCUT2D eigenvalue weighted by molar-refractivity contribution is -0.166. The second-order valence-electron chi connectivity index (χ2n) is 10.7. The van der Waals surface area contributed by atoms with E-state index in [1.807, 2.05) is 4.90 Å². The molecule has 0 bridgehead atoms. The maximum atomic E-state index is 13.3. The number of nitrogens with one attached hydrogen (secondary N) is 1. The molecule has 1 amide bonds. The van der Waals surface area contributed by atoms with Crippen LogP contribution in [-0.4, -0.2) is 93.7 Å². The minimum absolute atomic E-state index is 0.00686. The highest BCUT2D eigenvalue weighted by molar-refractivity contribution is 5.93. The van der Waals surface area contributed by atoms with E-state index in [4.69, 9.17) is 9.47 Å². The summed E-state index contributed by atoms with van der Waals surface area (Å²) in [5.74, 6) is -5.71. The molecular weight excluding hydrogens is 580 g/mol. The van der Waals surface area contributed by atoms with Gasteiger partial charge in [-0.2, -0.15) is 17.6 Å². The molecule has 242 valence electrons. The number of halogens is 4. The zero-order valence-electron chi connectivity index (χ0n) is 24.4. The lowest BCUT2D eigenvalue weighted by Gasteiger charge is -2.27. The van der Waals surface area contributed by atoms with Crippen molar-refractivity contribution >= 4 is 23.4 Å². The molecule has 1 aromatic carbocycles. The first-order chi connectivity index (χ1) is 20.4. The van der Waals surface area contributed by atoms with Crippen LogP contribution < -0.4 is 5.32 Å².